The molecular formula is C22H25N5O2S2. The molecule has 1 amide bonds. The van der Waals surface area contributed by atoms with Crippen molar-refractivity contribution in [1.29, 1.82) is 5.26 Å². The summed E-state index contributed by atoms with van der Waals surface area (Å²) in [6, 6.07) is 5.93. The summed E-state index contributed by atoms with van der Waals surface area (Å²) in [6.45, 7) is 6.81. The van der Waals surface area contributed by atoms with Gasteiger partial charge in [-0.3, -0.25) is 4.79 Å². The van der Waals surface area contributed by atoms with Gasteiger partial charge in [-0.2, -0.15) is 5.26 Å². The maximum Gasteiger partial charge on any atom is 0.235 e. The molecule has 3 aromatic heterocycles. The van der Waals surface area contributed by atoms with E-state index < -0.39 is 0 Å². The molecule has 31 heavy (non-hydrogen) atoms. The minimum absolute atomic E-state index is 0.157. The quantitative estimate of drug-likeness (QED) is 0.550. The fourth-order valence-electron chi connectivity index (χ4n) is 3.89. The lowest BCUT2D eigenvalue weighted by Crippen LogP contribution is -2.26. The van der Waals surface area contributed by atoms with Crippen LogP contribution in [0.5, 0.6) is 0 Å². The predicted molar refractivity (Wildman–Crippen MR) is 122 cm³/mol. The molecule has 3 aromatic rings. The maximum absolute atomic E-state index is 12.6. The van der Waals surface area contributed by atoms with Gasteiger partial charge in [0.25, 0.3) is 0 Å². The number of thioether (sulfide) groups is 1. The van der Waals surface area contributed by atoms with Gasteiger partial charge >= 0.3 is 0 Å². The van der Waals surface area contributed by atoms with Crippen LogP contribution in [0.2, 0.25) is 0 Å². The highest BCUT2D eigenvalue weighted by molar-refractivity contribution is 7.99. The Morgan fingerprint density at radius 1 is 1.45 bits per heavy atom. The molecule has 162 valence electrons. The van der Waals surface area contributed by atoms with Crippen LogP contribution in [0, 0.1) is 22.7 Å². The second kappa shape index (κ2) is 8.52. The van der Waals surface area contributed by atoms with Crippen molar-refractivity contribution in [3.05, 3.63) is 34.4 Å². The molecule has 3 heterocycles. The first-order chi connectivity index (χ1) is 14.8. The van der Waals surface area contributed by atoms with E-state index in [0.29, 0.717) is 33.2 Å². The van der Waals surface area contributed by atoms with Gasteiger partial charge in [0.2, 0.25) is 5.91 Å². The molecule has 0 unspecified atom stereocenters. The molecule has 0 radical (unpaired) electrons. The molecule has 1 N–H and O–H groups in total. The SMILES string of the molecule is Cn1c(SCC(=O)Nc2sc3c(c2C#N)CC[C@H](C(C)(C)C)C3)nnc1-c1ccco1. The fourth-order valence-corrected chi connectivity index (χ4v) is 5.89. The summed E-state index contributed by atoms with van der Waals surface area (Å²) < 4.78 is 7.17. The van der Waals surface area contributed by atoms with E-state index in [1.165, 1.54) is 16.6 Å². The molecule has 9 heteroatoms. The number of hydrogen-bond acceptors (Lipinski definition) is 7. The van der Waals surface area contributed by atoms with Gasteiger partial charge in [0.1, 0.15) is 11.1 Å². The molecule has 0 spiro atoms. The highest BCUT2D eigenvalue weighted by Crippen LogP contribution is 2.44. The van der Waals surface area contributed by atoms with Crippen molar-refractivity contribution in [2.75, 3.05) is 11.1 Å². The van der Waals surface area contributed by atoms with Crippen LogP contribution in [0.25, 0.3) is 11.6 Å². The Kier molecular flexibility index (Phi) is 5.95. The smallest absolute Gasteiger partial charge is 0.235 e. The third-order valence-electron chi connectivity index (χ3n) is 5.76. The number of fused-ring (bicyclic) bond motifs is 1. The Bertz CT molecular complexity index is 1130. The van der Waals surface area contributed by atoms with Crippen LogP contribution in [-0.2, 0) is 24.7 Å². The zero-order valence-corrected chi connectivity index (χ0v) is 19.7. The summed E-state index contributed by atoms with van der Waals surface area (Å²) >= 11 is 2.85. The van der Waals surface area contributed by atoms with Crippen LogP contribution >= 0.6 is 23.1 Å². The van der Waals surface area contributed by atoms with Crippen molar-refractivity contribution in [2.24, 2.45) is 18.4 Å². The minimum atomic E-state index is -0.157. The third-order valence-corrected chi connectivity index (χ3v) is 7.95. The van der Waals surface area contributed by atoms with Crippen molar-refractivity contribution in [2.45, 2.75) is 45.2 Å². The number of carbonyl (C=O) groups excluding carboxylic acids is 1. The number of aromatic nitrogens is 3. The zero-order valence-electron chi connectivity index (χ0n) is 18.1. The highest BCUT2D eigenvalue weighted by Gasteiger charge is 2.32. The average Bonchev–Trinajstić information content (AvgIpc) is 3.43. The summed E-state index contributed by atoms with van der Waals surface area (Å²) in [5, 5.41) is 22.3. The minimum Gasteiger partial charge on any atom is -0.461 e. The van der Waals surface area contributed by atoms with Crippen LogP contribution in [0.3, 0.4) is 0 Å². The van der Waals surface area contributed by atoms with Crippen LogP contribution in [0.4, 0.5) is 5.00 Å². The third kappa shape index (κ3) is 4.41. The fraction of sp³-hybridized carbons (Fsp3) is 0.455. The van der Waals surface area contributed by atoms with Gasteiger partial charge in [-0.05, 0) is 48.3 Å². The van der Waals surface area contributed by atoms with E-state index in [-0.39, 0.29) is 17.1 Å². The van der Waals surface area contributed by atoms with Gasteiger partial charge in [0.05, 0.1) is 17.6 Å². The summed E-state index contributed by atoms with van der Waals surface area (Å²) in [4.78, 5) is 13.9. The first kappa shape index (κ1) is 21.7. The molecule has 0 bridgehead atoms. The lowest BCUT2D eigenvalue weighted by atomic mass is 9.72. The van der Waals surface area contributed by atoms with E-state index in [4.69, 9.17) is 4.42 Å². The van der Waals surface area contributed by atoms with Crippen LogP contribution in [-0.4, -0.2) is 26.4 Å². The number of nitriles is 1. The largest absolute Gasteiger partial charge is 0.461 e. The number of hydrogen-bond donors (Lipinski definition) is 1. The second-order valence-electron chi connectivity index (χ2n) is 8.80. The Morgan fingerprint density at radius 3 is 2.94 bits per heavy atom. The molecule has 1 atom stereocenters. The Morgan fingerprint density at radius 2 is 2.26 bits per heavy atom. The lowest BCUT2D eigenvalue weighted by molar-refractivity contribution is -0.113. The van der Waals surface area contributed by atoms with Crippen molar-refractivity contribution in [1.82, 2.24) is 14.8 Å². The van der Waals surface area contributed by atoms with Gasteiger partial charge in [-0.25, -0.2) is 0 Å². The number of furan rings is 1. The number of rotatable bonds is 5. The standard InChI is InChI=1S/C22H25N5O2S2/c1-22(2,3)13-7-8-14-15(11-23)20(31-17(14)10-13)24-18(28)12-30-21-26-25-19(27(21)4)16-6-5-9-29-16/h5-6,9,13H,7-8,10,12H2,1-4H3,(H,24,28)/t13-/m0/s1. The summed E-state index contributed by atoms with van der Waals surface area (Å²) in [5.41, 5.74) is 1.98. The molecule has 1 aliphatic carbocycles. The number of carbonyl (C=O) groups is 1. The van der Waals surface area contributed by atoms with Gasteiger partial charge in [-0.15, -0.1) is 21.5 Å². The number of amides is 1. The van der Waals surface area contributed by atoms with Crippen LogP contribution < -0.4 is 5.32 Å². The molecule has 4 rings (SSSR count). The van der Waals surface area contributed by atoms with Gasteiger partial charge < -0.3 is 14.3 Å². The molecule has 0 fully saturated rings. The molecule has 0 aromatic carbocycles. The van der Waals surface area contributed by atoms with Crippen molar-refractivity contribution < 1.29 is 9.21 Å². The van der Waals surface area contributed by atoms with Crippen molar-refractivity contribution >= 4 is 34.0 Å². The molecular weight excluding hydrogens is 430 g/mol. The summed E-state index contributed by atoms with van der Waals surface area (Å²) in [6.07, 6.45) is 4.53. The van der Waals surface area contributed by atoms with E-state index in [2.05, 4.69) is 42.4 Å². The average molecular weight is 456 g/mol. The molecule has 0 saturated heterocycles. The van der Waals surface area contributed by atoms with Crippen LogP contribution in [0.1, 0.15) is 43.2 Å². The van der Waals surface area contributed by atoms with E-state index in [9.17, 15) is 10.1 Å². The maximum atomic E-state index is 12.6. The van der Waals surface area contributed by atoms with E-state index in [1.54, 1.807) is 28.2 Å². The second-order valence-corrected chi connectivity index (χ2v) is 10.9. The van der Waals surface area contributed by atoms with Gasteiger partial charge in [0, 0.05) is 11.9 Å². The number of anilines is 1. The Hall–Kier alpha value is -2.57. The molecule has 0 aliphatic heterocycles. The molecule has 0 saturated carbocycles. The summed E-state index contributed by atoms with van der Waals surface area (Å²) in [5.74, 6) is 1.85. The Balaban J connectivity index is 1.43. The number of thiophene rings is 1. The van der Waals surface area contributed by atoms with Crippen molar-refractivity contribution in [3.63, 3.8) is 0 Å². The summed E-state index contributed by atoms with van der Waals surface area (Å²) in [7, 11) is 1.84. The zero-order chi connectivity index (χ0) is 22.2. The molecule has 7 nitrogen and oxygen atoms in total. The Labute approximate surface area is 189 Å². The predicted octanol–water partition coefficient (Wildman–Crippen LogP) is 4.89. The molecule has 1 aliphatic rings. The number of nitrogens with one attached hydrogen (secondary N) is 1. The first-order valence-corrected chi connectivity index (χ1v) is 12.0. The monoisotopic (exact) mass is 455 g/mol. The van der Waals surface area contributed by atoms with E-state index in [1.807, 2.05) is 13.1 Å². The lowest BCUT2D eigenvalue weighted by Gasteiger charge is -2.33. The van der Waals surface area contributed by atoms with Crippen molar-refractivity contribution in [3.8, 4) is 17.7 Å². The first-order valence-electron chi connectivity index (χ1n) is 10.2. The van der Waals surface area contributed by atoms with Gasteiger partial charge in [0.15, 0.2) is 16.7 Å². The normalized spacial score (nSPS) is 16.0. The van der Waals surface area contributed by atoms with Gasteiger partial charge in [-0.1, -0.05) is 32.5 Å². The topological polar surface area (TPSA) is 96.7 Å². The van der Waals surface area contributed by atoms with E-state index in [0.717, 1.165) is 24.8 Å². The van der Waals surface area contributed by atoms with Crippen LogP contribution in [0.15, 0.2) is 28.0 Å². The number of nitrogens with zero attached hydrogens (tertiary/aromatic N) is 4. The van der Waals surface area contributed by atoms with E-state index >= 15 is 0 Å². The highest BCUT2D eigenvalue weighted by atomic mass is 32.2.